The van der Waals surface area contributed by atoms with Crippen LogP contribution in [0.25, 0.3) is 20.7 Å². The van der Waals surface area contributed by atoms with Gasteiger partial charge in [0.05, 0.1) is 11.5 Å². The van der Waals surface area contributed by atoms with Crippen LogP contribution >= 0.6 is 11.3 Å². The lowest BCUT2D eigenvalue weighted by molar-refractivity contribution is 0.115. The number of nitrogens with zero attached hydrogens (tertiary/aromatic N) is 3. The molecule has 4 rings (SSSR count). The molecule has 0 unspecified atom stereocenters. The molecule has 1 saturated heterocycles. The Kier molecular flexibility index (Phi) is 4.45. The van der Waals surface area contributed by atoms with E-state index >= 15 is 0 Å². The minimum Gasteiger partial charge on any atom is -0.376 e. The van der Waals surface area contributed by atoms with Gasteiger partial charge in [0.25, 0.3) is 0 Å². The molecule has 0 N–H and O–H groups in total. The number of ether oxygens (including phenoxy) is 1. The predicted molar refractivity (Wildman–Crippen MR) is 99.7 cm³/mol. The van der Waals surface area contributed by atoms with Crippen molar-refractivity contribution < 1.29 is 4.74 Å². The van der Waals surface area contributed by atoms with E-state index in [4.69, 9.17) is 4.74 Å². The van der Waals surface area contributed by atoms with Crippen molar-refractivity contribution in [2.45, 2.75) is 25.9 Å². The first-order valence-corrected chi connectivity index (χ1v) is 9.33. The van der Waals surface area contributed by atoms with E-state index in [-0.39, 0.29) is 0 Å². The summed E-state index contributed by atoms with van der Waals surface area (Å²) in [7, 11) is 0. The minimum absolute atomic E-state index is 0.321. The third-order valence-electron chi connectivity index (χ3n) is 4.50. The number of thiophene rings is 1. The fourth-order valence-electron chi connectivity index (χ4n) is 3.24. The molecule has 24 heavy (non-hydrogen) atoms. The van der Waals surface area contributed by atoms with Gasteiger partial charge in [-0.3, -0.25) is 0 Å². The van der Waals surface area contributed by atoms with Gasteiger partial charge in [0, 0.05) is 24.6 Å². The summed E-state index contributed by atoms with van der Waals surface area (Å²) in [6.45, 7) is 4.88. The first-order valence-electron chi connectivity index (χ1n) is 8.51. The second-order valence-corrected chi connectivity index (χ2v) is 7.10. The van der Waals surface area contributed by atoms with Crippen molar-refractivity contribution >= 4 is 27.4 Å². The van der Waals surface area contributed by atoms with Crippen LogP contribution < -0.4 is 4.90 Å². The Labute approximate surface area is 146 Å². The van der Waals surface area contributed by atoms with Gasteiger partial charge >= 0.3 is 0 Å². The van der Waals surface area contributed by atoms with Crippen LogP contribution in [0.4, 0.5) is 5.82 Å². The van der Waals surface area contributed by atoms with E-state index in [1.54, 1.807) is 17.7 Å². The molecule has 0 amide bonds. The Bertz CT molecular complexity index is 812. The Morgan fingerprint density at radius 2 is 2.12 bits per heavy atom. The highest BCUT2D eigenvalue weighted by molar-refractivity contribution is 7.21. The molecule has 1 aliphatic heterocycles. The quantitative estimate of drug-likeness (QED) is 0.692. The maximum Gasteiger partial charge on any atom is 0.140 e. The van der Waals surface area contributed by atoms with Crippen LogP contribution in [-0.2, 0) is 4.74 Å². The molecule has 1 aromatic carbocycles. The number of likely N-dealkylation sites (N-methyl/N-ethyl adjacent to an activating group) is 1. The summed E-state index contributed by atoms with van der Waals surface area (Å²) in [6, 6.07) is 12.7. The second-order valence-electron chi connectivity index (χ2n) is 6.07. The van der Waals surface area contributed by atoms with Gasteiger partial charge < -0.3 is 9.64 Å². The number of fused-ring (bicyclic) bond motifs is 1. The monoisotopic (exact) mass is 339 g/mol. The van der Waals surface area contributed by atoms with E-state index in [0.717, 1.165) is 48.6 Å². The smallest absolute Gasteiger partial charge is 0.140 e. The summed E-state index contributed by atoms with van der Waals surface area (Å²) >= 11 is 1.73. The van der Waals surface area contributed by atoms with Gasteiger partial charge in [-0.15, -0.1) is 11.3 Å². The molecule has 124 valence electrons. The zero-order chi connectivity index (χ0) is 16.4. The number of anilines is 1. The zero-order valence-corrected chi connectivity index (χ0v) is 14.6. The molecule has 0 aliphatic carbocycles. The van der Waals surface area contributed by atoms with Crippen molar-refractivity contribution in [3.63, 3.8) is 0 Å². The molecular formula is C19H21N3OS. The largest absolute Gasteiger partial charge is 0.376 e. The number of rotatable bonds is 5. The number of hydrogen-bond donors (Lipinski definition) is 0. The fraction of sp³-hybridized carbons (Fsp3) is 0.368. The summed E-state index contributed by atoms with van der Waals surface area (Å²) in [5.41, 5.74) is 1.23. The number of benzene rings is 1. The van der Waals surface area contributed by atoms with Crippen molar-refractivity contribution in [1.29, 1.82) is 0 Å². The molecule has 1 aliphatic rings. The summed E-state index contributed by atoms with van der Waals surface area (Å²) in [5.74, 6) is 1.02. The summed E-state index contributed by atoms with van der Waals surface area (Å²) in [5, 5.41) is 1.14. The van der Waals surface area contributed by atoms with Gasteiger partial charge in [-0.1, -0.05) is 30.3 Å². The van der Waals surface area contributed by atoms with Gasteiger partial charge in [-0.05, 0) is 31.4 Å². The van der Waals surface area contributed by atoms with Crippen LogP contribution in [0.15, 0.2) is 42.7 Å². The van der Waals surface area contributed by atoms with Gasteiger partial charge in [0.1, 0.15) is 17.0 Å². The average Bonchev–Trinajstić information content (AvgIpc) is 3.29. The molecule has 0 spiro atoms. The predicted octanol–water partition coefficient (Wildman–Crippen LogP) is 4.36. The normalized spacial score (nSPS) is 17.5. The van der Waals surface area contributed by atoms with Crippen LogP contribution in [-0.4, -0.2) is 35.8 Å². The van der Waals surface area contributed by atoms with Crippen molar-refractivity contribution in [2.24, 2.45) is 0 Å². The maximum absolute atomic E-state index is 5.81. The average molecular weight is 339 g/mol. The Morgan fingerprint density at radius 1 is 1.25 bits per heavy atom. The van der Waals surface area contributed by atoms with E-state index in [1.807, 2.05) is 6.07 Å². The topological polar surface area (TPSA) is 38.2 Å². The summed E-state index contributed by atoms with van der Waals surface area (Å²) in [4.78, 5) is 13.7. The van der Waals surface area contributed by atoms with Gasteiger partial charge in [0.2, 0.25) is 0 Å². The molecule has 2 aromatic heterocycles. The SMILES string of the molecule is CCN(C[C@H]1CCCO1)c1ncnc2sc(-c3ccccc3)cc12. The zero-order valence-electron chi connectivity index (χ0n) is 13.8. The second kappa shape index (κ2) is 6.87. The van der Waals surface area contributed by atoms with Crippen molar-refractivity contribution in [3.8, 4) is 10.4 Å². The van der Waals surface area contributed by atoms with Crippen LogP contribution in [0.3, 0.4) is 0 Å². The van der Waals surface area contributed by atoms with E-state index in [1.165, 1.54) is 10.4 Å². The third-order valence-corrected chi connectivity index (χ3v) is 5.59. The number of hydrogen-bond acceptors (Lipinski definition) is 5. The van der Waals surface area contributed by atoms with Crippen LogP contribution in [0.5, 0.6) is 0 Å². The molecule has 3 aromatic rings. The summed E-state index contributed by atoms with van der Waals surface area (Å²) in [6.07, 6.45) is 4.31. The van der Waals surface area contributed by atoms with Crippen molar-refractivity contribution in [1.82, 2.24) is 9.97 Å². The Hall–Kier alpha value is -1.98. The van der Waals surface area contributed by atoms with Gasteiger partial charge in [-0.25, -0.2) is 9.97 Å². The van der Waals surface area contributed by atoms with Gasteiger partial charge in [-0.2, -0.15) is 0 Å². The molecule has 0 radical (unpaired) electrons. The molecule has 3 heterocycles. The van der Waals surface area contributed by atoms with E-state index < -0.39 is 0 Å². The maximum atomic E-state index is 5.81. The lowest BCUT2D eigenvalue weighted by atomic mass is 10.2. The third kappa shape index (κ3) is 3.01. The first kappa shape index (κ1) is 15.5. The van der Waals surface area contributed by atoms with Crippen molar-refractivity contribution in [3.05, 3.63) is 42.7 Å². The molecule has 1 atom stereocenters. The highest BCUT2D eigenvalue weighted by atomic mass is 32.1. The van der Waals surface area contributed by atoms with E-state index in [0.29, 0.717) is 6.10 Å². The first-order chi connectivity index (χ1) is 11.8. The van der Waals surface area contributed by atoms with Crippen LogP contribution in [0, 0.1) is 0 Å². The van der Waals surface area contributed by atoms with Crippen molar-refractivity contribution in [2.75, 3.05) is 24.6 Å². The molecule has 0 bridgehead atoms. The standard InChI is InChI=1S/C19H21N3OS/c1-2-22(12-15-9-6-10-23-15)18-16-11-17(14-7-4-3-5-8-14)24-19(16)21-13-20-18/h3-5,7-8,11,13,15H,2,6,9-10,12H2,1H3/t15-/m1/s1. The summed E-state index contributed by atoms with van der Waals surface area (Å²) < 4.78 is 5.81. The molecule has 0 saturated carbocycles. The Balaban J connectivity index is 1.70. The Morgan fingerprint density at radius 3 is 2.88 bits per heavy atom. The van der Waals surface area contributed by atoms with Crippen LogP contribution in [0.1, 0.15) is 19.8 Å². The highest BCUT2D eigenvalue weighted by Crippen LogP contribution is 2.36. The van der Waals surface area contributed by atoms with Crippen LogP contribution in [0.2, 0.25) is 0 Å². The van der Waals surface area contributed by atoms with Gasteiger partial charge in [0.15, 0.2) is 0 Å². The fourth-order valence-corrected chi connectivity index (χ4v) is 4.24. The minimum atomic E-state index is 0.321. The molecule has 4 nitrogen and oxygen atoms in total. The lowest BCUT2D eigenvalue weighted by Gasteiger charge is -2.25. The molecular weight excluding hydrogens is 318 g/mol. The van der Waals surface area contributed by atoms with E-state index in [2.05, 4.69) is 52.1 Å². The lowest BCUT2D eigenvalue weighted by Crippen LogP contribution is -2.32. The van der Waals surface area contributed by atoms with E-state index in [9.17, 15) is 0 Å². The molecule has 1 fully saturated rings. The molecule has 5 heteroatoms. The number of aromatic nitrogens is 2. The highest BCUT2D eigenvalue weighted by Gasteiger charge is 2.21.